The molecule has 0 saturated heterocycles. The van der Waals surface area contributed by atoms with Gasteiger partial charge in [-0.05, 0) is 26.2 Å². The van der Waals surface area contributed by atoms with E-state index >= 15 is 0 Å². The van der Waals surface area contributed by atoms with Crippen molar-refractivity contribution in [2.45, 2.75) is 31.8 Å². The molecule has 12 heavy (non-hydrogen) atoms. The first kappa shape index (κ1) is 9.75. The Kier molecular flexibility index (Phi) is 3.29. The van der Waals surface area contributed by atoms with E-state index in [9.17, 15) is 5.11 Å². The zero-order valence-corrected chi connectivity index (χ0v) is 7.92. The van der Waals surface area contributed by atoms with Crippen molar-refractivity contribution in [1.82, 2.24) is 0 Å². The Hall–Kier alpha value is -0.340. The van der Waals surface area contributed by atoms with Crippen LogP contribution < -0.4 is 0 Å². The minimum absolute atomic E-state index is 0.270. The fourth-order valence-corrected chi connectivity index (χ4v) is 1.73. The van der Waals surface area contributed by atoms with Crippen LogP contribution in [0.5, 0.6) is 0 Å². The highest BCUT2D eigenvalue weighted by Gasteiger charge is 2.30. The van der Waals surface area contributed by atoms with Crippen LogP contribution in [-0.4, -0.2) is 24.4 Å². The Balaban J connectivity index is 2.53. The molecule has 1 rings (SSSR count). The summed E-state index contributed by atoms with van der Waals surface area (Å²) in [5.74, 6) is 0.270. The lowest BCUT2D eigenvalue weighted by atomic mass is 9.82. The Labute approximate surface area is 74.2 Å². The number of hydrogen-bond acceptors (Lipinski definition) is 2. The molecule has 0 spiro atoms. The molecule has 2 heteroatoms. The summed E-state index contributed by atoms with van der Waals surface area (Å²) in [5, 5.41) is 9.96. The monoisotopic (exact) mass is 170 g/mol. The van der Waals surface area contributed by atoms with Crippen molar-refractivity contribution in [3.05, 3.63) is 12.2 Å². The number of allylic oxidation sites excluding steroid dienone is 1. The van der Waals surface area contributed by atoms with Gasteiger partial charge < -0.3 is 9.84 Å². The highest BCUT2D eigenvalue weighted by atomic mass is 16.5. The number of rotatable bonds is 3. The highest BCUT2D eigenvalue weighted by molar-refractivity contribution is 5.00. The first-order valence-corrected chi connectivity index (χ1v) is 4.55. The Morgan fingerprint density at radius 1 is 1.67 bits per heavy atom. The van der Waals surface area contributed by atoms with Crippen LogP contribution in [0.1, 0.15) is 26.2 Å². The summed E-state index contributed by atoms with van der Waals surface area (Å²) < 4.78 is 4.98. The summed E-state index contributed by atoms with van der Waals surface area (Å²) in [6.45, 7) is 2.26. The first-order valence-electron chi connectivity index (χ1n) is 4.55. The minimum Gasteiger partial charge on any atom is -0.387 e. The molecule has 0 fully saturated rings. The summed E-state index contributed by atoms with van der Waals surface area (Å²) in [5.41, 5.74) is -0.689. The second-order valence-corrected chi connectivity index (χ2v) is 3.76. The van der Waals surface area contributed by atoms with Crippen molar-refractivity contribution in [1.29, 1.82) is 0 Å². The number of hydrogen-bond donors (Lipinski definition) is 1. The molecule has 0 aromatic heterocycles. The highest BCUT2D eigenvalue weighted by Crippen LogP contribution is 2.27. The molecule has 0 heterocycles. The average Bonchev–Trinajstić information content (AvgIpc) is 2.06. The van der Waals surface area contributed by atoms with Crippen molar-refractivity contribution in [3.8, 4) is 0 Å². The van der Waals surface area contributed by atoms with E-state index in [1.165, 1.54) is 6.42 Å². The minimum atomic E-state index is -0.689. The van der Waals surface area contributed by atoms with Gasteiger partial charge in [0.25, 0.3) is 0 Å². The van der Waals surface area contributed by atoms with Gasteiger partial charge in [-0.25, -0.2) is 0 Å². The lowest BCUT2D eigenvalue weighted by Gasteiger charge is -2.31. The van der Waals surface area contributed by atoms with E-state index in [2.05, 4.69) is 12.2 Å². The molecular weight excluding hydrogens is 152 g/mol. The second kappa shape index (κ2) is 4.06. The van der Waals surface area contributed by atoms with E-state index in [-0.39, 0.29) is 5.92 Å². The molecule has 1 N–H and O–H groups in total. The van der Waals surface area contributed by atoms with Crippen LogP contribution in [0, 0.1) is 5.92 Å². The van der Waals surface area contributed by atoms with Gasteiger partial charge in [0.15, 0.2) is 0 Å². The Morgan fingerprint density at radius 3 is 2.92 bits per heavy atom. The van der Waals surface area contributed by atoms with Crippen LogP contribution in [0.4, 0.5) is 0 Å². The van der Waals surface area contributed by atoms with Gasteiger partial charge >= 0.3 is 0 Å². The molecule has 0 aromatic carbocycles. The van der Waals surface area contributed by atoms with Gasteiger partial charge in [-0.15, -0.1) is 0 Å². The topological polar surface area (TPSA) is 29.5 Å². The lowest BCUT2D eigenvalue weighted by Crippen LogP contribution is -2.38. The van der Waals surface area contributed by atoms with Crippen LogP contribution in [0.25, 0.3) is 0 Å². The maximum absolute atomic E-state index is 9.96. The molecule has 0 aromatic rings. The third kappa shape index (κ3) is 2.32. The largest absolute Gasteiger partial charge is 0.387 e. The first-order chi connectivity index (χ1) is 5.67. The van der Waals surface area contributed by atoms with E-state index in [0.717, 1.165) is 12.8 Å². The summed E-state index contributed by atoms with van der Waals surface area (Å²) in [6.07, 6.45) is 7.67. The molecule has 0 radical (unpaired) electrons. The molecule has 1 aliphatic rings. The van der Waals surface area contributed by atoms with Gasteiger partial charge in [0.2, 0.25) is 0 Å². The van der Waals surface area contributed by atoms with Crippen LogP contribution in [0.15, 0.2) is 12.2 Å². The Bertz CT molecular complexity index is 161. The van der Waals surface area contributed by atoms with Crippen LogP contribution in [0.2, 0.25) is 0 Å². The molecule has 0 unspecified atom stereocenters. The van der Waals surface area contributed by atoms with Crippen molar-refractivity contribution in [2.75, 3.05) is 13.7 Å². The Morgan fingerprint density at radius 2 is 2.42 bits per heavy atom. The molecule has 0 amide bonds. The van der Waals surface area contributed by atoms with Crippen molar-refractivity contribution >= 4 is 0 Å². The smallest absolute Gasteiger partial charge is 0.0914 e. The summed E-state index contributed by atoms with van der Waals surface area (Å²) in [7, 11) is 1.63. The van der Waals surface area contributed by atoms with Crippen molar-refractivity contribution in [3.63, 3.8) is 0 Å². The normalized spacial score (nSPS) is 28.4. The fraction of sp³-hybridized carbons (Fsp3) is 0.800. The molecule has 2 nitrogen and oxygen atoms in total. The third-order valence-electron chi connectivity index (χ3n) is 2.49. The fourth-order valence-electron chi connectivity index (χ4n) is 1.73. The standard InChI is InChI=1S/C10H18O2/c1-10(11,8-12-2)9-6-4-3-5-7-9/h4,6,9,11H,3,5,7-8H2,1-2H3/t9-,10-/m0/s1. The van der Waals surface area contributed by atoms with Gasteiger partial charge in [0, 0.05) is 13.0 Å². The zero-order chi connectivity index (χ0) is 9.03. The van der Waals surface area contributed by atoms with Crippen LogP contribution >= 0.6 is 0 Å². The predicted molar refractivity (Wildman–Crippen MR) is 49.0 cm³/mol. The molecule has 0 saturated carbocycles. The summed E-state index contributed by atoms with van der Waals surface area (Å²) >= 11 is 0. The van der Waals surface area contributed by atoms with E-state index in [4.69, 9.17) is 4.74 Å². The van der Waals surface area contributed by atoms with Gasteiger partial charge in [0.05, 0.1) is 12.2 Å². The van der Waals surface area contributed by atoms with Gasteiger partial charge in [-0.2, -0.15) is 0 Å². The van der Waals surface area contributed by atoms with E-state index in [1.54, 1.807) is 7.11 Å². The molecule has 70 valence electrons. The van der Waals surface area contributed by atoms with Crippen molar-refractivity contribution < 1.29 is 9.84 Å². The maximum atomic E-state index is 9.96. The van der Waals surface area contributed by atoms with Crippen LogP contribution in [-0.2, 0) is 4.74 Å². The number of aliphatic hydroxyl groups is 1. The lowest BCUT2D eigenvalue weighted by molar-refractivity contribution is -0.0497. The second-order valence-electron chi connectivity index (χ2n) is 3.76. The van der Waals surface area contributed by atoms with Gasteiger partial charge in [-0.3, -0.25) is 0 Å². The number of methoxy groups -OCH3 is 1. The van der Waals surface area contributed by atoms with Gasteiger partial charge in [-0.1, -0.05) is 12.2 Å². The molecule has 0 bridgehead atoms. The summed E-state index contributed by atoms with van der Waals surface area (Å²) in [4.78, 5) is 0. The van der Waals surface area contributed by atoms with E-state index in [0.29, 0.717) is 6.61 Å². The zero-order valence-electron chi connectivity index (χ0n) is 7.92. The predicted octanol–water partition coefficient (Wildman–Crippen LogP) is 1.74. The molecule has 2 atom stereocenters. The average molecular weight is 170 g/mol. The van der Waals surface area contributed by atoms with E-state index < -0.39 is 5.60 Å². The SMILES string of the molecule is COC[C@](C)(O)[C@H]1C=CCCC1. The van der Waals surface area contributed by atoms with Crippen molar-refractivity contribution in [2.24, 2.45) is 5.92 Å². The molecule has 0 aliphatic heterocycles. The summed E-state index contributed by atoms with van der Waals surface area (Å²) in [6, 6.07) is 0. The third-order valence-corrected chi connectivity index (χ3v) is 2.49. The molecular formula is C10H18O2. The van der Waals surface area contributed by atoms with Gasteiger partial charge in [0.1, 0.15) is 0 Å². The number of ether oxygens (including phenoxy) is 1. The molecule has 1 aliphatic carbocycles. The maximum Gasteiger partial charge on any atom is 0.0914 e. The quantitative estimate of drug-likeness (QED) is 0.654. The van der Waals surface area contributed by atoms with Crippen LogP contribution in [0.3, 0.4) is 0 Å². The van der Waals surface area contributed by atoms with E-state index in [1.807, 2.05) is 6.92 Å².